The molecule has 1 aliphatic heterocycles. The molecule has 2 atom stereocenters. The molecule has 5 heteroatoms. The van der Waals surface area contributed by atoms with E-state index in [1.165, 1.54) is 0 Å². The fraction of sp³-hybridized carbons (Fsp3) is 0.611. The largest absolute Gasteiger partial charge is 0.496 e. The van der Waals surface area contributed by atoms with Gasteiger partial charge in [0, 0.05) is 22.6 Å². The highest BCUT2D eigenvalue weighted by Gasteiger charge is 2.31. The van der Waals surface area contributed by atoms with E-state index in [1.54, 1.807) is 7.11 Å². The van der Waals surface area contributed by atoms with E-state index >= 15 is 0 Å². The van der Waals surface area contributed by atoms with Crippen LogP contribution in [0.25, 0.3) is 0 Å². The molecule has 0 radical (unpaired) electrons. The van der Waals surface area contributed by atoms with Crippen molar-refractivity contribution in [3.63, 3.8) is 0 Å². The highest BCUT2D eigenvalue weighted by atomic mass is 79.9. The summed E-state index contributed by atoms with van der Waals surface area (Å²) in [7, 11) is 1.69. The number of nitrogens with zero attached hydrogens (tertiary/aromatic N) is 1. The third kappa shape index (κ3) is 4.70. The second-order valence-corrected chi connectivity index (χ2v) is 7.13. The first-order chi connectivity index (χ1) is 11.1. The number of aliphatic carboxylic acids is 1. The molecule has 0 bridgehead atoms. The predicted octanol–water partition coefficient (Wildman–Crippen LogP) is 4.49. The minimum absolute atomic E-state index is 0.213. The van der Waals surface area contributed by atoms with Crippen LogP contribution in [0, 0.1) is 5.92 Å². The summed E-state index contributed by atoms with van der Waals surface area (Å²) in [6.07, 6.45) is 4.99. The Hall–Kier alpha value is -1.07. The van der Waals surface area contributed by atoms with Gasteiger partial charge in [0.1, 0.15) is 5.75 Å². The maximum atomic E-state index is 11.4. The number of rotatable bonds is 7. The average molecular weight is 384 g/mol. The third-order valence-corrected chi connectivity index (χ3v) is 5.12. The van der Waals surface area contributed by atoms with Gasteiger partial charge >= 0.3 is 5.97 Å². The van der Waals surface area contributed by atoms with E-state index in [9.17, 15) is 9.90 Å². The first-order valence-corrected chi connectivity index (χ1v) is 9.16. The quantitative estimate of drug-likeness (QED) is 0.753. The number of halogens is 1. The Balaban J connectivity index is 2.29. The fourth-order valence-corrected chi connectivity index (χ4v) is 3.77. The number of carboxylic acid groups (broad SMARTS) is 1. The molecule has 0 spiro atoms. The molecule has 1 aromatic carbocycles. The van der Waals surface area contributed by atoms with Crippen LogP contribution in [0.4, 0.5) is 0 Å². The normalized spacial score (nSPS) is 20.2. The van der Waals surface area contributed by atoms with Crippen LogP contribution >= 0.6 is 15.9 Å². The maximum Gasteiger partial charge on any atom is 0.307 e. The Morgan fingerprint density at radius 1 is 1.52 bits per heavy atom. The van der Waals surface area contributed by atoms with Crippen LogP contribution in [0.2, 0.25) is 0 Å². The zero-order valence-corrected chi connectivity index (χ0v) is 15.5. The maximum absolute atomic E-state index is 11.4. The number of methoxy groups -OCH3 is 1. The SMILES string of the molecule is CCCCC(c1cc(Br)ccc1OC)N1CCCC(C(=O)O)C1. The Bertz CT molecular complexity index is 535. The molecular formula is C18H26BrNO3. The summed E-state index contributed by atoms with van der Waals surface area (Å²) in [6.45, 7) is 3.76. The topological polar surface area (TPSA) is 49.8 Å². The van der Waals surface area contributed by atoms with E-state index < -0.39 is 5.97 Å². The lowest BCUT2D eigenvalue weighted by Crippen LogP contribution is -2.41. The number of hydrogen-bond acceptors (Lipinski definition) is 3. The molecular weight excluding hydrogens is 358 g/mol. The number of carbonyl (C=O) groups is 1. The van der Waals surface area contributed by atoms with Gasteiger partial charge < -0.3 is 9.84 Å². The average Bonchev–Trinajstić information content (AvgIpc) is 2.55. The fourth-order valence-electron chi connectivity index (χ4n) is 3.39. The molecule has 1 heterocycles. The molecule has 1 aliphatic rings. The molecule has 4 nitrogen and oxygen atoms in total. The van der Waals surface area contributed by atoms with E-state index in [2.05, 4.69) is 33.8 Å². The van der Waals surface area contributed by atoms with Crippen molar-refractivity contribution in [3.8, 4) is 5.75 Å². The van der Waals surface area contributed by atoms with Gasteiger partial charge in [-0.1, -0.05) is 35.7 Å². The van der Waals surface area contributed by atoms with Gasteiger partial charge in [0.25, 0.3) is 0 Å². The van der Waals surface area contributed by atoms with Gasteiger partial charge in [-0.2, -0.15) is 0 Å². The zero-order valence-electron chi connectivity index (χ0n) is 13.9. The number of benzene rings is 1. The van der Waals surface area contributed by atoms with E-state index in [4.69, 9.17) is 4.74 Å². The van der Waals surface area contributed by atoms with Crippen LogP contribution in [0.1, 0.15) is 50.6 Å². The second kappa shape index (κ2) is 8.69. The van der Waals surface area contributed by atoms with E-state index in [1.807, 2.05) is 12.1 Å². The number of unbranched alkanes of at least 4 members (excludes halogenated alkanes) is 1. The molecule has 128 valence electrons. The third-order valence-electron chi connectivity index (χ3n) is 4.62. The van der Waals surface area contributed by atoms with Crippen molar-refractivity contribution in [1.82, 2.24) is 4.90 Å². The van der Waals surface area contributed by atoms with Gasteiger partial charge in [0.2, 0.25) is 0 Å². The van der Waals surface area contributed by atoms with Crippen molar-refractivity contribution in [2.24, 2.45) is 5.92 Å². The van der Waals surface area contributed by atoms with Crippen molar-refractivity contribution < 1.29 is 14.6 Å². The molecule has 0 saturated carbocycles. The molecule has 2 unspecified atom stereocenters. The number of carboxylic acids is 1. The lowest BCUT2D eigenvalue weighted by molar-refractivity contribution is -0.144. The Kier molecular flexibility index (Phi) is 6.90. The summed E-state index contributed by atoms with van der Waals surface area (Å²) in [5.41, 5.74) is 1.15. The molecule has 0 aliphatic carbocycles. The minimum atomic E-state index is -0.676. The van der Waals surface area contributed by atoms with Crippen LogP contribution in [0.15, 0.2) is 22.7 Å². The minimum Gasteiger partial charge on any atom is -0.496 e. The van der Waals surface area contributed by atoms with Crippen molar-refractivity contribution in [2.75, 3.05) is 20.2 Å². The molecule has 0 aromatic heterocycles. The van der Waals surface area contributed by atoms with Crippen molar-refractivity contribution >= 4 is 21.9 Å². The summed E-state index contributed by atoms with van der Waals surface area (Å²) >= 11 is 3.55. The first-order valence-electron chi connectivity index (χ1n) is 8.37. The summed E-state index contributed by atoms with van der Waals surface area (Å²) in [4.78, 5) is 13.7. The number of ether oxygens (including phenoxy) is 1. The van der Waals surface area contributed by atoms with Gasteiger partial charge in [-0.05, 0) is 44.0 Å². The Morgan fingerprint density at radius 3 is 2.96 bits per heavy atom. The Labute approximate surface area is 147 Å². The highest BCUT2D eigenvalue weighted by molar-refractivity contribution is 9.10. The molecule has 1 saturated heterocycles. The van der Waals surface area contributed by atoms with Crippen LogP contribution in [0.3, 0.4) is 0 Å². The highest BCUT2D eigenvalue weighted by Crippen LogP contribution is 2.37. The number of piperidine rings is 1. The lowest BCUT2D eigenvalue weighted by Gasteiger charge is -2.38. The van der Waals surface area contributed by atoms with Crippen molar-refractivity contribution in [3.05, 3.63) is 28.2 Å². The molecule has 0 amide bonds. The van der Waals surface area contributed by atoms with Crippen molar-refractivity contribution in [2.45, 2.75) is 45.1 Å². The summed E-state index contributed by atoms with van der Waals surface area (Å²) in [6, 6.07) is 6.29. The van der Waals surface area contributed by atoms with Gasteiger partial charge in [0.05, 0.1) is 13.0 Å². The summed E-state index contributed by atoms with van der Waals surface area (Å²) in [5.74, 6) is -0.0528. The summed E-state index contributed by atoms with van der Waals surface area (Å²) in [5, 5.41) is 9.37. The van der Waals surface area contributed by atoms with Crippen LogP contribution in [-0.2, 0) is 4.79 Å². The van der Waals surface area contributed by atoms with Gasteiger partial charge in [0.15, 0.2) is 0 Å². The van der Waals surface area contributed by atoms with E-state index in [0.29, 0.717) is 6.54 Å². The smallest absolute Gasteiger partial charge is 0.307 e. The number of hydrogen-bond donors (Lipinski definition) is 1. The van der Waals surface area contributed by atoms with E-state index in [0.717, 1.165) is 54.4 Å². The zero-order chi connectivity index (χ0) is 16.8. The van der Waals surface area contributed by atoms with Crippen LogP contribution < -0.4 is 4.74 Å². The standard InChI is InChI=1S/C18H26BrNO3/c1-3-4-7-16(15-11-14(19)8-9-17(15)23-2)20-10-5-6-13(12-20)18(21)22/h8-9,11,13,16H,3-7,10,12H2,1-2H3,(H,21,22). The van der Waals surface area contributed by atoms with Crippen molar-refractivity contribution in [1.29, 1.82) is 0 Å². The molecule has 1 aromatic rings. The van der Waals surface area contributed by atoms with Gasteiger partial charge in [-0.3, -0.25) is 9.69 Å². The molecule has 23 heavy (non-hydrogen) atoms. The monoisotopic (exact) mass is 383 g/mol. The van der Waals surface area contributed by atoms with Crippen LogP contribution in [-0.4, -0.2) is 36.2 Å². The second-order valence-electron chi connectivity index (χ2n) is 6.22. The van der Waals surface area contributed by atoms with E-state index in [-0.39, 0.29) is 12.0 Å². The molecule has 1 fully saturated rings. The molecule has 1 N–H and O–H groups in total. The van der Waals surface area contributed by atoms with Gasteiger partial charge in [-0.25, -0.2) is 0 Å². The number of likely N-dealkylation sites (tertiary alicyclic amines) is 1. The Morgan fingerprint density at radius 2 is 2.30 bits per heavy atom. The lowest BCUT2D eigenvalue weighted by atomic mass is 9.92. The van der Waals surface area contributed by atoms with Gasteiger partial charge in [-0.15, -0.1) is 0 Å². The summed E-state index contributed by atoms with van der Waals surface area (Å²) < 4.78 is 6.59. The van der Waals surface area contributed by atoms with Crippen LogP contribution in [0.5, 0.6) is 5.75 Å². The predicted molar refractivity (Wildman–Crippen MR) is 94.9 cm³/mol. The first kappa shape index (κ1) is 18.3. The molecule has 2 rings (SSSR count).